The number of rotatable bonds is 9. The third-order valence-electron chi connectivity index (χ3n) is 2.61. The fourth-order valence-electron chi connectivity index (χ4n) is 1.78. The van der Waals surface area contributed by atoms with E-state index < -0.39 is 0 Å². The van der Waals surface area contributed by atoms with E-state index in [1.54, 1.807) is 0 Å². The molecule has 0 saturated heterocycles. The first-order valence-corrected chi connectivity index (χ1v) is 6.66. The molecule has 1 rings (SSSR count). The van der Waals surface area contributed by atoms with Crippen molar-refractivity contribution in [2.75, 3.05) is 13.1 Å². The molecule has 0 atom stereocenters. The van der Waals surface area contributed by atoms with Gasteiger partial charge in [-0.05, 0) is 13.0 Å². The summed E-state index contributed by atoms with van der Waals surface area (Å²) in [7, 11) is 0. The Kier molecular flexibility index (Phi) is 6.68. The Morgan fingerprint density at radius 3 is 2.94 bits per heavy atom. The molecule has 18 heavy (non-hydrogen) atoms. The largest absolute Gasteiger partial charge is 0.360 e. The summed E-state index contributed by atoms with van der Waals surface area (Å²) in [5.74, 6) is 0.922. The van der Waals surface area contributed by atoms with Crippen molar-refractivity contribution in [1.82, 2.24) is 15.4 Å². The third-order valence-corrected chi connectivity index (χ3v) is 2.61. The first-order chi connectivity index (χ1) is 8.65. The molecule has 0 amide bonds. The van der Waals surface area contributed by atoms with Gasteiger partial charge >= 0.3 is 0 Å². The van der Waals surface area contributed by atoms with Gasteiger partial charge in [-0.15, -0.1) is 6.58 Å². The lowest BCUT2D eigenvalue weighted by Crippen LogP contribution is -2.24. The maximum atomic E-state index is 5.35. The lowest BCUT2D eigenvalue weighted by atomic mass is 10.3. The Bertz CT molecular complexity index is 347. The van der Waals surface area contributed by atoms with E-state index in [1.165, 1.54) is 0 Å². The van der Waals surface area contributed by atoms with Gasteiger partial charge in [0, 0.05) is 25.2 Å². The van der Waals surface area contributed by atoms with Gasteiger partial charge in [0.1, 0.15) is 0 Å². The van der Waals surface area contributed by atoms with Crippen molar-refractivity contribution in [1.29, 1.82) is 0 Å². The van der Waals surface area contributed by atoms with E-state index in [-0.39, 0.29) is 0 Å². The van der Waals surface area contributed by atoms with E-state index in [1.807, 2.05) is 12.1 Å². The van der Waals surface area contributed by atoms with Crippen LogP contribution in [0.4, 0.5) is 0 Å². The third kappa shape index (κ3) is 5.47. The molecule has 0 fully saturated rings. The second-order valence-corrected chi connectivity index (χ2v) is 4.84. The quantitative estimate of drug-likeness (QED) is 0.685. The highest BCUT2D eigenvalue weighted by atomic mass is 16.5. The maximum absolute atomic E-state index is 5.35. The van der Waals surface area contributed by atoms with Gasteiger partial charge in [0.25, 0.3) is 0 Å². The van der Waals surface area contributed by atoms with E-state index in [0.717, 1.165) is 44.1 Å². The Labute approximate surface area is 110 Å². The Morgan fingerprint density at radius 2 is 2.33 bits per heavy atom. The summed E-state index contributed by atoms with van der Waals surface area (Å²) in [6.45, 7) is 13.7. The SMILES string of the molecule is C=CCN(CCC)Cc1cc(CNC(C)C)no1. The summed E-state index contributed by atoms with van der Waals surface area (Å²) in [4.78, 5) is 2.30. The highest BCUT2D eigenvalue weighted by Gasteiger charge is 2.09. The van der Waals surface area contributed by atoms with Crippen molar-refractivity contribution in [2.24, 2.45) is 0 Å². The molecule has 0 aromatic carbocycles. The zero-order valence-electron chi connectivity index (χ0n) is 11.8. The molecule has 0 radical (unpaired) electrons. The van der Waals surface area contributed by atoms with Gasteiger partial charge in [-0.1, -0.05) is 32.0 Å². The van der Waals surface area contributed by atoms with Crippen LogP contribution in [0.25, 0.3) is 0 Å². The van der Waals surface area contributed by atoms with Crippen molar-refractivity contribution >= 4 is 0 Å². The topological polar surface area (TPSA) is 41.3 Å². The number of aromatic nitrogens is 1. The van der Waals surface area contributed by atoms with Crippen molar-refractivity contribution in [2.45, 2.75) is 46.3 Å². The van der Waals surface area contributed by atoms with Crippen LogP contribution in [0.15, 0.2) is 23.2 Å². The maximum Gasteiger partial charge on any atom is 0.151 e. The predicted molar refractivity (Wildman–Crippen MR) is 74.2 cm³/mol. The summed E-state index contributed by atoms with van der Waals surface area (Å²) < 4.78 is 5.35. The fraction of sp³-hybridized carbons (Fsp3) is 0.643. The van der Waals surface area contributed by atoms with Crippen LogP contribution < -0.4 is 5.32 Å². The highest BCUT2D eigenvalue weighted by Crippen LogP contribution is 2.08. The minimum absolute atomic E-state index is 0.461. The molecule has 1 aromatic rings. The summed E-state index contributed by atoms with van der Waals surface area (Å²) in [6, 6.07) is 2.49. The standard InChI is InChI=1S/C14H25N3O/c1-5-7-17(8-6-2)11-14-9-13(16-18-14)10-15-12(3)4/h5,9,12,15H,1,6-8,10-11H2,2-4H3. The summed E-state index contributed by atoms with van der Waals surface area (Å²) >= 11 is 0. The molecule has 0 aliphatic rings. The van der Waals surface area contributed by atoms with E-state index in [9.17, 15) is 0 Å². The molecular weight excluding hydrogens is 226 g/mol. The summed E-state index contributed by atoms with van der Waals surface area (Å²) in [6.07, 6.45) is 3.05. The molecule has 102 valence electrons. The lowest BCUT2D eigenvalue weighted by Gasteiger charge is -2.17. The Balaban J connectivity index is 2.48. The molecule has 0 bridgehead atoms. The average Bonchev–Trinajstić information content (AvgIpc) is 2.75. The van der Waals surface area contributed by atoms with Gasteiger partial charge < -0.3 is 9.84 Å². The van der Waals surface area contributed by atoms with Crippen LogP contribution >= 0.6 is 0 Å². The molecule has 4 heteroatoms. The minimum atomic E-state index is 0.461. The molecule has 1 N–H and O–H groups in total. The lowest BCUT2D eigenvalue weighted by molar-refractivity contribution is 0.251. The van der Waals surface area contributed by atoms with Crippen molar-refractivity contribution < 1.29 is 4.52 Å². The molecular formula is C14H25N3O. The average molecular weight is 251 g/mol. The second-order valence-electron chi connectivity index (χ2n) is 4.84. The van der Waals surface area contributed by atoms with Gasteiger partial charge in [-0.2, -0.15) is 0 Å². The molecule has 0 aliphatic carbocycles. The number of hydrogen-bond donors (Lipinski definition) is 1. The second kappa shape index (κ2) is 8.06. The number of hydrogen-bond acceptors (Lipinski definition) is 4. The van der Waals surface area contributed by atoms with Crippen LogP contribution in [0.5, 0.6) is 0 Å². The van der Waals surface area contributed by atoms with E-state index >= 15 is 0 Å². The van der Waals surface area contributed by atoms with E-state index in [2.05, 4.69) is 42.7 Å². The monoisotopic (exact) mass is 251 g/mol. The molecule has 0 spiro atoms. The van der Waals surface area contributed by atoms with Gasteiger partial charge in [-0.25, -0.2) is 0 Å². The Hall–Kier alpha value is -1.13. The minimum Gasteiger partial charge on any atom is -0.360 e. The van der Waals surface area contributed by atoms with Crippen molar-refractivity contribution in [3.8, 4) is 0 Å². The van der Waals surface area contributed by atoms with E-state index in [4.69, 9.17) is 4.52 Å². The molecule has 0 saturated carbocycles. The molecule has 4 nitrogen and oxygen atoms in total. The predicted octanol–water partition coefficient (Wildman–Crippen LogP) is 2.57. The van der Waals surface area contributed by atoms with Gasteiger partial charge in [-0.3, -0.25) is 4.90 Å². The first kappa shape index (κ1) is 14.9. The molecule has 1 heterocycles. The zero-order chi connectivity index (χ0) is 13.4. The van der Waals surface area contributed by atoms with E-state index in [0.29, 0.717) is 6.04 Å². The summed E-state index contributed by atoms with van der Waals surface area (Å²) in [5.41, 5.74) is 0.966. The van der Waals surface area contributed by atoms with Gasteiger partial charge in [0.2, 0.25) is 0 Å². The van der Waals surface area contributed by atoms with Crippen LogP contribution in [-0.4, -0.2) is 29.2 Å². The molecule has 0 unspecified atom stereocenters. The number of nitrogens with zero attached hydrogens (tertiary/aromatic N) is 2. The van der Waals surface area contributed by atoms with Crippen LogP contribution in [0.1, 0.15) is 38.6 Å². The first-order valence-electron chi connectivity index (χ1n) is 6.66. The zero-order valence-corrected chi connectivity index (χ0v) is 11.8. The van der Waals surface area contributed by atoms with Crippen LogP contribution in [0, 0.1) is 0 Å². The van der Waals surface area contributed by atoms with Crippen molar-refractivity contribution in [3.63, 3.8) is 0 Å². The van der Waals surface area contributed by atoms with Crippen LogP contribution in [0.2, 0.25) is 0 Å². The van der Waals surface area contributed by atoms with Crippen LogP contribution in [0.3, 0.4) is 0 Å². The Morgan fingerprint density at radius 1 is 1.56 bits per heavy atom. The van der Waals surface area contributed by atoms with Gasteiger partial charge in [0.15, 0.2) is 5.76 Å². The number of nitrogens with one attached hydrogen (secondary N) is 1. The van der Waals surface area contributed by atoms with Gasteiger partial charge in [0.05, 0.1) is 12.2 Å². The normalized spacial score (nSPS) is 11.4. The molecule has 1 aromatic heterocycles. The summed E-state index contributed by atoms with van der Waals surface area (Å²) in [5, 5.41) is 7.40. The molecule has 0 aliphatic heterocycles. The fourth-order valence-corrected chi connectivity index (χ4v) is 1.78. The highest BCUT2D eigenvalue weighted by molar-refractivity contribution is 5.05. The van der Waals surface area contributed by atoms with Crippen LogP contribution in [-0.2, 0) is 13.1 Å². The van der Waals surface area contributed by atoms with Crippen molar-refractivity contribution in [3.05, 3.63) is 30.2 Å². The smallest absolute Gasteiger partial charge is 0.151 e.